The first-order valence-electron chi connectivity index (χ1n) is 14.2. The number of rotatable bonds is 9. The number of aromatic nitrogens is 4. The SMILES string of the molecule is COc1nc(NC(=O)C(C)(C)NC(=O)c2ccc3c(C4CCCC4)c(-c4ccc(Cl)cn4)n(C)c3c2)cnc1/C=C/C(=O)O. The fourth-order valence-corrected chi connectivity index (χ4v) is 5.71. The van der Waals surface area contributed by atoms with Crippen molar-refractivity contribution in [3.8, 4) is 17.3 Å². The lowest BCUT2D eigenvalue weighted by atomic mass is 9.93. The van der Waals surface area contributed by atoms with E-state index < -0.39 is 23.3 Å². The number of methoxy groups -OCH3 is 1. The number of anilines is 1. The van der Waals surface area contributed by atoms with Crippen LogP contribution in [0.3, 0.4) is 0 Å². The second-order valence-corrected chi connectivity index (χ2v) is 11.7. The van der Waals surface area contributed by atoms with E-state index in [1.165, 1.54) is 37.8 Å². The number of benzene rings is 1. The maximum atomic E-state index is 13.5. The van der Waals surface area contributed by atoms with Gasteiger partial charge in [0.2, 0.25) is 5.88 Å². The average Bonchev–Trinajstić information content (AvgIpc) is 3.62. The van der Waals surface area contributed by atoms with Crippen molar-refractivity contribution >= 4 is 52.2 Å². The van der Waals surface area contributed by atoms with Crippen LogP contribution in [0, 0.1) is 0 Å². The van der Waals surface area contributed by atoms with Crippen LogP contribution in [0.15, 0.2) is 48.8 Å². The molecule has 0 radical (unpaired) electrons. The first-order chi connectivity index (χ1) is 21.0. The Kier molecular flexibility index (Phi) is 8.68. The second kappa shape index (κ2) is 12.5. The molecule has 5 rings (SSSR count). The molecule has 1 aliphatic rings. The number of carboxylic acid groups (broad SMARTS) is 1. The molecule has 1 saturated carbocycles. The molecule has 11 nitrogen and oxygen atoms in total. The predicted octanol–water partition coefficient (Wildman–Crippen LogP) is 5.59. The van der Waals surface area contributed by atoms with Gasteiger partial charge in [-0.15, -0.1) is 0 Å². The van der Waals surface area contributed by atoms with E-state index in [1.54, 1.807) is 26.1 Å². The summed E-state index contributed by atoms with van der Waals surface area (Å²) in [4.78, 5) is 50.4. The number of hydrogen-bond donors (Lipinski definition) is 3. The number of hydrogen-bond acceptors (Lipinski definition) is 7. The van der Waals surface area contributed by atoms with Crippen LogP contribution in [0.4, 0.5) is 5.82 Å². The number of nitrogens with zero attached hydrogens (tertiary/aromatic N) is 4. The molecule has 1 aromatic carbocycles. The van der Waals surface area contributed by atoms with Gasteiger partial charge in [-0.3, -0.25) is 14.6 Å². The standard InChI is InChI=1S/C32H33ClN6O5/c1-32(2,31(43)37-25-17-35-23(13-14-26(40)41)30(36-25)44-4)38-29(42)19-9-11-21-24(15-19)39(3)28(22-12-10-20(33)16-34-22)27(21)18-7-5-6-8-18/h9-18H,5-8H2,1-4H3,(H,38,42)(H,40,41)(H,36,37,43)/b14-13+. The van der Waals surface area contributed by atoms with Gasteiger partial charge in [0, 0.05) is 35.8 Å². The Labute approximate surface area is 259 Å². The van der Waals surface area contributed by atoms with E-state index in [4.69, 9.17) is 21.4 Å². The van der Waals surface area contributed by atoms with Crippen LogP contribution < -0.4 is 15.4 Å². The number of nitrogens with one attached hydrogen (secondary N) is 2. The summed E-state index contributed by atoms with van der Waals surface area (Å²) in [7, 11) is 3.33. The van der Waals surface area contributed by atoms with E-state index >= 15 is 0 Å². The number of carboxylic acids is 1. The molecule has 12 heteroatoms. The third kappa shape index (κ3) is 6.28. The summed E-state index contributed by atoms with van der Waals surface area (Å²) in [6.07, 6.45) is 9.61. The monoisotopic (exact) mass is 616 g/mol. The van der Waals surface area contributed by atoms with Crippen LogP contribution >= 0.6 is 11.6 Å². The maximum Gasteiger partial charge on any atom is 0.328 e. The first kappa shape index (κ1) is 30.7. The number of aliphatic carboxylic acids is 1. The molecule has 1 fully saturated rings. The van der Waals surface area contributed by atoms with Crippen molar-refractivity contribution < 1.29 is 24.2 Å². The molecule has 228 valence electrons. The fourth-order valence-electron chi connectivity index (χ4n) is 5.60. The Morgan fingerprint density at radius 2 is 1.86 bits per heavy atom. The van der Waals surface area contributed by atoms with Crippen LogP contribution in [0.2, 0.25) is 5.02 Å². The Balaban J connectivity index is 1.39. The van der Waals surface area contributed by atoms with Gasteiger partial charge in [0.25, 0.3) is 11.8 Å². The highest BCUT2D eigenvalue weighted by molar-refractivity contribution is 6.30. The molecule has 44 heavy (non-hydrogen) atoms. The third-order valence-corrected chi connectivity index (χ3v) is 8.04. The fraction of sp³-hybridized carbons (Fsp3) is 0.312. The molecule has 0 spiro atoms. The first-order valence-corrected chi connectivity index (χ1v) is 14.6. The smallest absolute Gasteiger partial charge is 0.328 e. The van der Waals surface area contributed by atoms with Gasteiger partial charge in [-0.1, -0.05) is 30.5 Å². The molecule has 2 amide bonds. The summed E-state index contributed by atoms with van der Waals surface area (Å²) in [5, 5.41) is 16.0. The highest BCUT2D eigenvalue weighted by Crippen LogP contribution is 2.44. The van der Waals surface area contributed by atoms with E-state index in [1.807, 2.05) is 31.3 Å². The van der Waals surface area contributed by atoms with Crippen molar-refractivity contribution in [3.63, 3.8) is 0 Å². The summed E-state index contributed by atoms with van der Waals surface area (Å²) >= 11 is 6.13. The summed E-state index contributed by atoms with van der Waals surface area (Å²) in [6, 6.07) is 9.36. The molecule has 3 heterocycles. The van der Waals surface area contributed by atoms with Crippen molar-refractivity contribution in [2.45, 2.75) is 51.0 Å². The third-order valence-electron chi connectivity index (χ3n) is 7.81. The van der Waals surface area contributed by atoms with Gasteiger partial charge in [-0.25, -0.2) is 9.78 Å². The Morgan fingerprint density at radius 1 is 1.11 bits per heavy atom. The quantitative estimate of drug-likeness (QED) is 0.206. The number of carbonyl (C=O) groups is 3. The van der Waals surface area contributed by atoms with Gasteiger partial charge < -0.3 is 25.0 Å². The normalized spacial score (nSPS) is 13.8. The van der Waals surface area contributed by atoms with Gasteiger partial charge in [0.15, 0.2) is 5.82 Å². The highest BCUT2D eigenvalue weighted by atomic mass is 35.5. The zero-order valence-corrected chi connectivity index (χ0v) is 25.6. The van der Waals surface area contributed by atoms with Crippen LogP contribution in [-0.2, 0) is 16.6 Å². The van der Waals surface area contributed by atoms with Crippen LogP contribution in [0.5, 0.6) is 5.88 Å². The zero-order valence-electron chi connectivity index (χ0n) is 24.8. The summed E-state index contributed by atoms with van der Waals surface area (Å²) < 4.78 is 7.26. The number of fused-ring (bicyclic) bond motifs is 1. The molecule has 4 aromatic rings. The minimum atomic E-state index is -1.33. The Morgan fingerprint density at radius 3 is 2.52 bits per heavy atom. The number of pyridine rings is 1. The molecule has 3 N–H and O–H groups in total. The van der Waals surface area contributed by atoms with E-state index in [0.29, 0.717) is 16.5 Å². The van der Waals surface area contributed by atoms with E-state index in [0.717, 1.165) is 41.2 Å². The van der Waals surface area contributed by atoms with Gasteiger partial charge in [-0.2, -0.15) is 4.98 Å². The summed E-state index contributed by atoms with van der Waals surface area (Å²) in [6.45, 7) is 3.16. The van der Waals surface area contributed by atoms with Crippen molar-refractivity contribution in [2.24, 2.45) is 7.05 Å². The van der Waals surface area contributed by atoms with Gasteiger partial charge in [0.05, 0.1) is 29.7 Å². The van der Waals surface area contributed by atoms with E-state index in [9.17, 15) is 14.4 Å². The summed E-state index contributed by atoms with van der Waals surface area (Å²) in [5.74, 6) is -1.59. The number of amides is 2. The molecular formula is C32H33ClN6O5. The molecule has 1 aliphatic carbocycles. The molecule has 0 aliphatic heterocycles. The Hall–Kier alpha value is -4.77. The number of halogens is 1. The lowest BCUT2D eigenvalue weighted by Gasteiger charge is -2.25. The summed E-state index contributed by atoms with van der Waals surface area (Å²) in [5.41, 5.74) is 3.23. The number of ether oxygens (including phenoxy) is 1. The minimum absolute atomic E-state index is 0.0307. The topological polar surface area (TPSA) is 148 Å². The minimum Gasteiger partial charge on any atom is -0.479 e. The average molecular weight is 617 g/mol. The van der Waals surface area contributed by atoms with Crippen molar-refractivity contribution in [3.05, 3.63) is 70.6 Å². The molecule has 0 bridgehead atoms. The highest BCUT2D eigenvalue weighted by Gasteiger charge is 2.32. The van der Waals surface area contributed by atoms with Crippen LogP contribution in [-0.4, -0.2) is 55.1 Å². The Bertz CT molecular complexity index is 1770. The predicted molar refractivity (Wildman–Crippen MR) is 168 cm³/mol. The van der Waals surface area contributed by atoms with E-state index in [2.05, 4.69) is 30.2 Å². The van der Waals surface area contributed by atoms with Crippen molar-refractivity contribution in [1.82, 2.24) is 24.8 Å². The maximum absolute atomic E-state index is 13.5. The lowest BCUT2D eigenvalue weighted by Crippen LogP contribution is -2.52. The molecule has 0 atom stereocenters. The number of carbonyl (C=O) groups excluding carboxylic acids is 2. The van der Waals surface area contributed by atoms with Crippen molar-refractivity contribution in [1.29, 1.82) is 0 Å². The molecular weight excluding hydrogens is 584 g/mol. The lowest BCUT2D eigenvalue weighted by molar-refractivity contribution is -0.131. The molecule has 0 saturated heterocycles. The zero-order chi connectivity index (χ0) is 31.6. The van der Waals surface area contributed by atoms with Crippen LogP contribution in [0.25, 0.3) is 28.4 Å². The number of aryl methyl sites for hydroxylation is 1. The molecule has 3 aromatic heterocycles. The molecule has 0 unspecified atom stereocenters. The largest absolute Gasteiger partial charge is 0.479 e. The van der Waals surface area contributed by atoms with E-state index in [-0.39, 0.29) is 17.4 Å². The van der Waals surface area contributed by atoms with Crippen LogP contribution in [0.1, 0.15) is 67.1 Å². The van der Waals surface area contributed by atoms with Crippen molar-refractivity contribution in [2.75, 3.05) is 12.4 Å². The van der Waals surface area contributed by atoms with Gasteiger partial charge in [0.1, 0.15) is 11.2 Å². The van der Waals surface area contributed by atoms with Gasteiger partial charge in [-0.05, 0) is 68.5 Å². The van der Waals surface area contributed by atoms with Gasteiger partial charge >= 0.3 is 5.97 Å². The second-order valence-electron chi connectivity index (χ2n) is 11.3.